The fourth-order valence-corrected chi connectivity index (χ4v) is 3.05. The van der Waals surface area contributed by atoms with Gasteiger partial charge >= 0.3 is 0 Å². The lowest BCUT2D eigenvalue weighted by Gasteiger charge is -2.12. The van der Waals surface area contributed by atoms with E-state index in [0.29, 0.717) is 24.8 Å². The number of methoxy groups -OCH3 is 1. The third-order valence-electron chi connectivity index (χ3n) is 3.80. The Bertz CT molecular complexity index is 863. The molecule has 0 spiro atoms. The summed E-state index contributed by atoms with van der Waals surface area (Å²) in [7, 11) is 1.65. The number of ether oxygens (including phenoxy) is 2. The number of hydrogen-bond donors (Lipinski definition) is 0. The van der Waals surface area contributed by atoms with Crippen LogP contribution in [0.4, 0.5) is 0 Å². The Morgan fingerprint density at radius 3 is 2.78 bits per heavy atom. The highest BCUT2D eigenvalue weighted by Crippen LogP contribution is 2.28. The van der Waals surface area contributed by atoms with E-state index in [2.05, 4.69) is 30.5 Å². The van der Waals surface area contributed by atoms with Crippen molar-refractivity contribution in [2.75, 3.05) is 20.3 Å². The lowest BCUT2D eigenvalue weighted by Crippen LogP contribution is -2.13. The van der Waals surface area contributed by atoms with Crippen molar-refractivity contribution in [1.82, 2.24) is 4.68 Å². The molecule has 146 valence electrons. The van der Waals surface area contributed by atoms with Gasteiger partial charge in [-0.3, -0.25) is 4.99 Å². The molecule has 2 aromatic rings. The summed E-state index contributed by atoms with van der Waals surface area (Å²) in [6.45, 7) is 13.5. The maximum Gasteiger partial charge on any atom is 0.206 e. The van der Waals surface area contributed by atoms with Gasteiger partial charge in [-0.25, -0.2) is 4.68 Å². The smallest absolute Gasteiger partial charge is 0.206 e. The molecule has 1 aromatic carbocycles. The first-order valence-corrected chi connectivity index (χ1v) is 9.96. The van der Waals surface area contributed by atoms with E-state index >= 15 is 0 Å². The fourth-order valence-electron chi connectivity index (χ4n) is 2.25. The highest BCUT2D eigenvalue weighted by atomic mass is 32.1. The molecule has 1 aromatic heterocycles. The lowest BCUT2D eigenvalue weighted by atomic mass is 10.1. The van der Waals surface area contributed by atoms with E-state index < -0.39 is 0 Å². The number of hydrogen-bond acceptors (Lipinski definition) is 5. The van der Waals surface area contributed by atoms with E-state index in [4.69, 9.17) is 9.47 Å². The van der Waals surface area contributed by atoms with Crippen LogP contribution in [0.1, 0.15) is 38.4 Å². The molecule has 0 aliphatic rings. The fraction of sp³-hybridized carbons (Fsp3) is 0.429. The molecule has 0 saturated carbocycles. The van der Waals surface area contributed by atoms with E-state index in [-0.39, 0.29) is 0 Å². The summed E-state index contributed by atoms with van der Waals surface area (Å²) < 4.78 is 13.2. The monoisotopic (exact) mass is 387 g/mol. The van der Waals surface area contributed by atoms with Gasteiger partial charge in [0.1, 0.15) is 0 Å². The SMILES string of the molecule is C=C(C)CN=c1scc(C)n1N=Cc1ccc(OCCC(C)C)c(OC)c1. The van der Waals surface area contributed by atoms with Crippen molar-refractivity contribution in [3.63, 3.8) is 0 Å². The second kappa shape index (κ2) is 10.1. The van der Waals surface area contributed by atoms with Crippen molar-refractivity contribution in [1.29, 1.82) is 0 Å². The van der Waals surface area contributed by atoms with Gasteiger partial charge in [-0.05, 0) is 49.9 Å². The van der Waals surface area contributed by atoms with Crippen LogP contribution in [0, 0.1) is 12.8 Å². The third-order valence-corrected chi connectivity index (χ3v) is 4.77. The average molecular weight is 388 g/mol. The second-order valence-corrected chi connectivity index (χ2v) is 7.77. The minimum absolute atomic E-state index is 0.603. The Labute approximate surface area is 165 Å². The molecule has 0 fully saturated rings. The van der Waals surface area contributed by atoms with E-state index in [1.165, 1.54) is 0 Å². The van der Waals surface area contributed by atoms with Crippen molar-refractivity contribution < 1.29 is 9.47 Å². The second-order valence-electron chi connectivity index (χ2n) is 6.93. The summed E-state index contributed by atoms with van der Waals surface area (Å²) in [6.07, 6.45) is 2.82. The van der Waals surface area contributed by atoms with Crippen molar-refractivity contribution in [2.24, 2.45) is 16.0 Å². The van der Waals surface area contributed by atoms with Crippen LogP contribution in [0.25, 0.3) is 0 Å². The summed E-state index contributed by atoms with van der Waals surface area (Å²) in [5.74, 6) is 2.08. The number of thiazole rings is 1. The Morgan fingerprint density at radius 2 is 2.11 bits per heavy atom. The van der Waals surface area contributed by atoms with Crippen molar-refractivity contribution in [2.45, 2.75) is 34.1 Å². The van der Waals surface area contributed by atoms with Crippen LogP contribution in [-0.4, -0.2) is 31.2 Å². The normalized spacial score (nSPS) is 12.1. The van der Waals surface area contributed by atoms with E-state index in [1.54, 1.807) is 24.7 Å². The average Bonchev–Trinajstić information content (AvgIpc) is 2.98. The largest absolute Gasteiger partial charge is 0.493 e. The predicted molar refractivity (Wildman–Crippen MR) is 113 cm³/mol. The highest BCUT2D eigenvalue weighted by Gasteiger charge is 2.06. The van der Waals surface area contributed by atoms with Gasteiger partial charge in [0.2, 0.25) is 4.80 Å². The minimum Gasteiger partial charge on any atom is -0.493 e. The number of aryl methyl sites for hydroxylation is 1. The van der Waals surface area contributed by atoms with Crippen LogP contribution >= 0.6 is 11.3 Å². The van der Waals surface area contributed by atoms with E-state index in [1.807, 2.05) is 42.1 Å². The minimum atomic E-state index is 0.603. The third kappa shape index (κ3) is 6.40. The van der Waals surface area contributed by atoms with Crippen LogP contribution in [-0.2, 0) is 0 Å². The zero-order valence-electron chi connectivity index (χ0n) is 16.9. The first-order valence-electron chi connectivity index (χ1n) is 9.08. The predicted octanol–water partition coefficient (Wildman–Crippen LogP) is 4.65. The topological polar surface area (TPSA) is 48.1 Å². The Morgan fingerprint density at radius 1 is 1.33 bits per heavy atom. The first-order chi connectivity index (χ1) is 12.9. The van der Waals surface area contributed by atoms with Gasteiger partial charge in [-0.2, -0.15) is 5.10 Å². The molecule has 5 nitrogen and oxygen atoms in total. The molecule has 0 bridgehead atoms. The number of rotatable bonds is 9. The summed E-state index contributed by atoms with van der Waals surface area (Å²) in [5.41, 5.74) is 3.00. The molecule has 0 aliphatic heterocycles. The molecule has 27 heavy (non-hydrogen) atoms. The molecule has 6 heteroatoms. The molecular weight excluding hydrogens is 358 g/mol. The van der Waals surface area contributed by atoms with E-state index in [0.717, 1.165) is 33.8 Å². The Hall–Kier alpha value is -2.34. The number of benzene rings is 1. The van der Waals surface area contributed by atoms with Crippen molar-refractivity contribution >= 4 is 17.6 Å². The van der Waals surface area contributed by atoms with Crippen LogP contribution in [0.3, 0.4) is 0 Å². The van der Waals surface area contributed by atoms with Gasteiger partial charge in [0, 0.05) is 5.38 Å². The molecule has 0 saturated heterocycles. The quantitative estimate of drug-likeness (QED) is 0.464. The van der Waals surface area contributed by atoms with Gasteiger partial charge in [0.05, 0.1) is 32.2 Å². The lowest BCUT2D eigenvalue weighted by molar-refractivity contribution is 0.273. The van der Waals surface area contributed by atoms with Gasteiger partial charge in [0.15, 0.2) is 11.5 Å². The maximum absolute atomic E-state index is 5.84. The maximum atomic E-state index is 5.84. The van der Waals surface area contributed by atoms with Gasteiger partial charge in [-0.15, -0.1) is 11.3 Å². The van der Waals surface area contributed by atoms with Crippen LogP contribution in [0.2, 0.25) is 0 Å². The summed E-state index contributed by atoms with van der Waals surface area (Å²) in [4.78, 5) is 5.41. The molecule has 0 radical (unpaired) electrons. The molecule has 0 atom stereocenters. The molecule has 0 N–H and O–H groups in total. The van der Waals surface area contributed by atoms with Crippen molar-refractivity contribution in [3.8, 4) is 11.5 Å². The zero-order valence-corrected chi connectivity index (χ0v) is 17.7. The number of aromatic nitrogens is 1. The van der Waals surface area contributed by atoms with Gasteiger partial charge in [-0.1, -0.05) is 26.0 Å². The molecule has 0 aliphatic carbocycles. The zero-order chi connectivity index (χ0) is 19.8. The Kier molecular flexibility index (Phi) is 7.85. The Balaban J connectivity index is 2.19. The highest BCUT2D eigenvalue weighted by molar-refractivity contribution is 7.07. The molecule has 1 heterocycles. The van der Waals surface area contributed by atoms with Crippen LogP contribution < -0.4 is 14.3 Å². The first kappa shape index (κ1) is 21.0. The van der Waals surface area contributed by atoms with Gasteiger partial charge in [0.25, 0.3) is 0 Å². The van der Waals surface area contributed by atoms with Crippen LogP contribution in [0.5, 0.6) is 11.5 Å². The molecule has 0 amide bonds. The van der Waals surface area contributed by atoms with Gasteiger partial charge < -0.3 is 9.47 Å². The molecule has 0 unspecified atom stereocenters. The van der Waals surface area contributed by atoms with Crippen molar-refractivity contribution in [3.05, 3.63) is 51.8 Å². The summed E-state index contributed by atoms with van der Waals surface area (Å²) in [6, 6.07) is 5.84. The van der Waals surface area contributed by atoms with Crippen LogP contribution in [0.15, 0.2) is 45.8 Å². The molecular formula is C21H29N3O2S. The van der Waals surface area contributed by atoms with E-state index in [9.17, 15) is 0 Å². The molecule has 2 rings (SSSR count). The summed E-state index contributed by atoms with van der Waals surface area (Å²) in [5, 5.41) is 6.63. The summed E-state index contributed by atoms with van der Waals surface area (Å²) >= 11 is 1.57. The standard InChI is InChI=1S/C21H29N3O2S/c1-15(2)9-10-26-19-8-7-18(11-20(19)25-6)13-23-24-17(5)14-27-21(24)22-12-16(3)4/h7-8,11,13-15H,3,9-10,12H2,1-2,4-6H3. The number of nitrogens with zero attached hydrogens (tertiary/aromatic N) is 3.